The number of nitrogens with zero attached hydrogens (tertiary/aromatic N) is 3. The maximum atomic E-state index is 11.5. The van der Waals surface area contributed by atoms with Gasteiger partial charge >= 0.3 is 5.82 Å². The first-order chi connectivity index (χ1) is 7.57. The van der Waals surface area contributed by atoms with Crippen LogP contribution in [0.5, 0.6) is 0 Å². The zero-order valence-electron chi connectivity index (χ0n) is 8.64. The summed E-state index contributed by atoms with van der Waals surface area (Å²) in [6.07, 6.45) is 0.207. The fraction of sp³-hybridized carbons (Fsp3) is 0.333. The van der Waals surface area contributed by atoms with Crippen molar-refractivity contribution in [1.82, 2.24) is 9.88 Å². The Labute approximate surface area is 91.4 Å². The van der Waals surface area contributed by atoms with E-state index >= 15 is 0 Å². The fourth-order valence-electron chi connectivity index (χ4n) is 1.23. The highest BCUT2D eigenvalue weighted by atomic mass is 16.6. The van der Waals surface area contributed by atoms with Crippen molar-refractivity contribution in [3.63, 3.8) is 0 Å². The Morgan fingerprint density at radius 2 is 2.38 bits per heavy atom. The first-order valence-corrected chi connectivity index (χ1v) is 4.53. The highest BCUT2D eigenvalue weighted by molar-refractivity contribution is 5.93. The van der Waals surface area contributed by atoms with Crippen molar-refractivity contribution in [2.75, 3.05) is 6.54 Å². The molecule has 0 spiro atoms. The summed E-state index contributed by atoms with van der Waals surface area (Å²) in [6, 6.07) is 4.52. The third kappa shape index (κ3) is 2.36. The molecular formula is C9H10N4O3. The second-order valence-corrected chi connectivity index (χ2v) is 3.06. The van der Waals surface area contributed by atoms with E-state index in [0.29, 0.717) is 0 Å². The zero-order valence-corrected chi connectivity index (χ0v) is 8.64. The van der Waals surface area contributed by atoms with Crippen molar-refractivity contribution in [2.24, 2.45) is 7.05 Å². The molecule has 0 radical (unpaired) electrons. The van der Waals surface area contributed by atoms with Crippen LogP contribution in [0.1, 0.15) is 16.9 Å². The Hall–Kier alpha value is -2.36. The van der Waals surface area contributed by atoms with E-state index in [1.807, 2.05) is 6.07 Å². The summed E-state index contributed by atoms with van der Waals surface area (Å²) in [4.78, 5) is 21.5. The van der Waals surface area contributed by atoms with Crippen LogP contribution in [0, 0.1) is 21.4 Å². The van der Waals surface area contributed by atoms with Crippen LogP contribution < -0.4 is 5.32 Å². The molecule has 1 rings (SSSR count). The van der Waals surface area contributed by atoms with E-state index in [1.54, 1.807) is 0 Å². The summed E-state index contributed by atoms with van der Waals surface area (Å²) in [7, 11) is 1.44. The van der Waals surface area contributed by atoms with E-state index < -0.39 is 10.8 Å². The Balaban J connectivity index is 2.78. The van der Waals surface area contributed by atoms with Gasteiger partial charge in [-0.3, -0.25) is 4.79 Å². The van der Waals surface area contributed by atoms with Gasteiger partial charge in [0, 0.05) is 12.6 Å². The number of carbonyl (C=O) groups is 1. The minimum Gasteiger partial charge on any atom is -0.358 e. The molecule has 0 saturated carbocycles. The van der Waals surface area contributed by atoms with Gasteiger partial charge in [0.2, 0.25) is 0 Å². The molecule has 1 aromatic rings. The minimum atomic E-state index is -0.563. The van der Waals surface area contributed by atoms with E-state index in [0.717, 1.165) is 0 Å². The van der Waals surface area contributed by atoms with E-state index in [2.05, 4.69) is 5.32 Å². The largest absolute Gasteiger partial charge is 0.358 e. The van der Waals surface area contributed by atoms with Gasteiger partial charge in [0.05, 0.1) is 19.5 Å². The van der Waals surface area contributed by atoms with Gasteiger partial charge in [-0.05, 0) is 11.0 Å². The van der Waals surface area contributed by atoms with Crippen LogP contribution in [0.25, 0.3) is 0 Å². The highest BCUT2D eigenvalue weighted by Gasteiger charge is 2.19. The molecule has 1 aromatic heterocycles. The standard InChI is InChI=1S/C9H10N4O3/c1-12-7(3-4-8(12)13(15)16)9(14)11-6-2-5-10/h3-4H,2,6H2,1H3,(H,11,14). The average molecular weight is 222 g/mol. The number of hydrogen-bond acceptors (Lipinski definition) is 4. The SMILES string of the molecule is Cn1c(C(=O)NCCC#N)ccc1[N+](=O)[O-]. The number of nitro groups is 1. The lowest BCUT2D eigenvalue weighted by molar-refractivity contribution is -0.391. The van der Waals surface area contributed by atoms with Gasteiger partial charge in [0.1, 0.15) is 0 Å². The van der Waals surface area contributed by atoms with E-state index in [1.165, 1.54) is 23.7 Å². The lowest BCUT2D eigenvalue weighted by Gasteiger charge is -2.01. The molecule has 1 heterocycles. The second-order valence-electron chi connectivity index (χ2n) is 3.06. The molecule has 0 aliphatic carbocycles. The summed E-state index contributed by atoms with van der Waals surface area (Å²) < 4.78 is 1.20. The predicted octanol–water partition coefficient (Wildman–Crippen LogP) is 0.577. The minimum absolute atomic E-state index is 0.148. The molecule has 0 atom stereocenters. The van der Waals surface area contributed by atoms with Crippen LogP contribution in [-0.2, 0) is 7.05 Å². The van der Waals surface area contributed by atoms with Crippen LogP contribution in [0.2, 0.25) is 0 Å². The van der Waals surface area contributed by atoms with Crippen molar-refractivity contribution in [3.05, 3.63) is 27.9 Å². The van der Waals surface area contributed by atoms with Crippen molar-refractivity contribution in [3.8, 4) is 6.07 Å². The monoisotopic (exact) mass is 222 g/mol. The molecule has 0 aliphatic rings. The quantitative estimate of drug-likeness (QED) is 0.457. The van der Waals surface area contributed by atoms with Crippen LogP contribution >= 0.6 is 0 Å². The van der Waals surface area contributed by atoms with Gasteiger partial charge in [-0.15, -0.1) is 0 Å². The number of hydrogen-bond donors (Lipinski definition) is 1. The van der Waals surface area contributed by atoms with Gasteiger partial charge in [-0.25, -0.2) is 4.57 Å². The van der Waals surface area contributed by atoms with Crippen molar-refractivity contribution < 1.29 is 9.72 Å². The maximum absolute atomic E-state index is 11.5. The third-order valence-electron chi connectivity index (χ3n) is 2.04. The van der Waals surface area contributed by atoms with E-state index in [4.69, 9.17) is 5.26 Å². The molecule has 0 bridgehead atoms. The Kier molecular flexibility index (Phi) is 3.61. The molecule has 0 aromatic carbocycles. The van der Waals surface area contributed by atoms with Gasteiger partial charge in [0.15, 0.2) is 5.69 Å². The Morgan fingerprint density at radius 1 is 1.69 bits per heavy atom. The number of nitrogens with one attached hydrogen (secondary N) is 1. The smallest absolute Gasteiger partial charge is 0.323 e. The predicted molar refractivity (Wildman–Crippen MR) is 54.6 cm³/mol. The average Bonchev–Trinajstić information content (AvgIpc) is 2.60. The lowest BCUT2D eigenvalue weighted by Crippen LogP contribution is -2.26. The number of nitriles is 1. The molecule has 1 N–H and O–H groups in total. The Bertz CT molecular complexity index is 458. The number of rotatable bonds is 4. The zero-order chi connectivity index (χ0) is 12.1. The molecule has 0 aliphatic heterocycles. The Morgan fingerprint density at radius 3 is 2.88 bits per heavy atom. The van der Waals surface area contributed by atoms with Crippen molar-refractivity contribution in [2.45, 2.75) is 6.42 Å². The molecule has 16 heavy (non-hydrogen) atoms. The summed E-state index contributed by atoms with van der Waals surface area (Å²) in [5, 5.41) is 21.3. The van der Waals surface area contributed by atoms with Gasteiger partial charge in [-0.1, -0.05) is 0 Å². The van der Waals surface area contributed by atoms with Crippen LogP contribution in [0.3, 0.4) is 0 Å². The van der Waals surface area contributed by atoms with Crippen molar-refractivity contribution in [1.29, 1.82) is 5.26 Å². The summed E-state index contributed by atoms with van der Waals surface area (Å²) in [5.41, 5.74) is 0.199. The highest BCUT2D eigenvalue weighted by Crippen LogP contribution is 2.14. The first-order valence-electron chi connectivity index (χ1n) is 4.53. The third-order valence-corrected chi connectivity index (χ3v) is 2.04. The van der Waals surface area contributed by atoms with Gasteiger partial charge < -0.3 is 15.4 Å². The second kappa shape index (κ2) is 4.93. The van der Waals surface area contributed by atoms with Gasteiger partial charge in [0.25, 0.3) is 5.91 Å². The molecular weight excluding hydrogens is 212 g/mol. The summed E-state index contributed by atoms with van der Waals surface area (Å²) >= 11 is 0. The number of aromatic nitrogens is 1. The summed E-state index contributed by atoms with van der Waals surface area (Å²) in [6.45, 7) is 0.230. The van der Waals surface area contributed by atoms with Crippen LogP contribution in [0.4, 0.5) is 5.82 Å². The topological polar surface area (TPSA) is 101 Å². The molecule has 0 saturated heterocycles. The fourth-order valence-corrected chi connectivity index (χ4v) is 1.23. The normalized spacial score (nSPS) is 9.50. The number of carbonyl (C=O) groups excluding carboxylic acids is 1. The molecule has 0 unspecified atom stereocenters. The molecule has 1 amide bonds. The van der Waals surface area contributed by atoms with Crippen LogP contribution in [0.15, 0.2) is 12.1 Å². The number of amides is 1. The molecule has 84 valence electrons. The lowest BCUT2D eigenvalue weighted by atomic mass is 10.4. The molecule has 7 heteroatoms. The maximum Gasteiger partial charge on any atom is 0.323 e. The van der Waals surface area contributed by atoms with E-state index in [9.17, 15) is 14.9 Å². The molecule has 0 fully saturated rings. The first kappa shape index (κ1) is 11.7. The van der Waals surface area contributed by atoms with E-state index in [-0.39, 0.29) is 24.5 Å². The van der Waals surface area contributed by atoms with Crippen molar-refractivity contribution >= 4 is 11.7 Å². The van der Waals surface area contributed by atoms with Gasteiger partial charge in [-0.2, -0.15) is 5.26 Å². The molecule has 7 nitrogen and oxygen atoms in total. The summed E-state index contributed by atoms with van der Waals surface area (Å²) in [5.74, 6) is -0.573. The van der Waals surface area contributed by atoms with Crippen LogP contribution in [-0.4, -0.2) is 21.9 Å².